The highest BCUT2D eigenvalue weighted by atomic mass is 19.1. The number of rotatable bonds is 6. The van der Waals surface area contributed by atoms with Gasteiger partial charge >= 0.3 is 17.6 Å². The number of halogens is 1. The quantitative estimate of drug-likeness (QED) is 0.565. The maximum absolute atomic E-state index is 15.4. The lowest BCUT2D eigenvalue weighted by Gasteiger charge is -2.19. The Kier molecular flexibility index (Phi) is 6.45. The number of aromatic nitrogens is 2. The SMILES string of the molecule is O=C(OCC1O[C@H](n2ccc(=O)[nH]c2=O)[C@H](F)[C@H]1OC(=O)c1ccccc1)c1ccccc1. The number of nitrogens with zero attached hydrogens (tertiary/aromatic N) is 1. The number of H-pyrrole nitrogens is 1. The Morgan fingerprint density at radius 3 is 2.15 bits per heavy atom. The minimum atomic E-state index is -1.98. The molecule has 4 atom stereocenters. The summed E-state index contributed by atoms with van der Waals surface area (Å²) in [6.07, 6.45) is -5.10. The fourth-order valence-corrected chi connectivity index (χ4v) is 3.40. The monoisotopic (exact) mass is 454 g/mol. The lowest BCUT2D eigenvalue weighted by Crippen LogP contribution is -2.38. The van der Waals surface area contributed by atoms with Crippen LogP contribution in [0.15, 0.2) is 82.5 Å². The number of hydrogen-bond donors (Lipinski definition) is 1. The average Bonchev–Trinajstić information content (AvgIpc) is 3.13. The molecule has 1 saturated heterocycles. The van der Waals surface area contributed by atoms with E-state index in [0.29, 0.717) is 0 Å². The third-order valence-corrected chi connectivity index (χ3v) is 5.03. The Balaban J connectivity index is 1.56. The Hall–Kier alpha value is -4.05. The van der Waals surface area contributed by atoms with Crippen LogP contribution in [0.4, 0.5) is 4.39 Å². The number of carbonyl (C=O) groups excluding carboxylic acids is 2. The molecule has 1 fully saturated rings. The van der Waals surface area contributed by atoms with Crippen molar-refractivity contribution in [1.29, 1.82) is 0 Å². The van der Waals surface area contributed by atoms with Crippen LogP contribution in [0.1, 0.15) is 26.9 Å². The van der Waals surface area contributed by atoms with Crippen molar-refractivity contribution in [3.8, 4) is 0 Å². The van der Waals surface area contributed by atoms with Crippen molar-refractivity contribution in [3.63, 3.8) is 0 Å². The Morgan fingerprint density at radius 1 is 0.939 bits per heavy atom. The summed E-state index contributed by atoms with van der Waals surface area (Å²) in [6.45, 7) is -0.435. The van der Waals surface area contributed by atoms with Crippen LogP contribution in [0, 0.1) is 0 Å². The summed E-state index contributed by atoms with van der Waals surface area (Å²) in [4.78, 5) is 50.4. The third kappa shape index (κ3) is 4.90. The normalized spacial score (nSPS) is 22.0. The summed E-state index contributed by atoms with van der Waals surface area (Å²) in [5, 5.41) is 0. The maximum atomic E-state index is 15.4. The van der Waals surface area contributed by atoms with Crippen molar-refractivity contribution in [1.82, 2.24) is 9.55 Å². The predicted octanol–water partition coefficient (Wildman–Crippen LogP) is 1.85. The summed E-state index contributed by atoms with van der Waals surface area (Å²) in [7, 11) is 0. The van der Waals surface area contributed by atoms with Crippen LogP contribution in [0.5, 0.6) is 0 Å². The first-order chi connectivity index (χ1) is 15.9. The number of hydrogen-bond acceptors (Lipinski definition) is 7. The van der Waals surface area contributed by atoms with E-state index in [9.17, 15) is 19.2 Å². The Labute approximate surface area is 186 Å². The number of ether oxygens (including phenoxy) is 3. The van der Waals surface area contributed by atoms with Crippen LogP contribution in [0.2, 0.25) is 0 Å². The molecule has 0 spiro atoms. The van der Waals surface area contributed by atoms with Gasteiger partial charge in [-0.3, -0.25) is 14.3 Å². The molecule has 2 aromatic carbocycles. The summed E-state index contributed by atoms with van der Waals surface area (Å²) < 4.78 is 32.5. The minimum absolute atomic E-state index is 0.189. The average molecular weight is 454 g/mol. The number of carbonyl (C=O) groups is 2. The Bertz CT molecular complexity index is 1240. The van der Waals surface area contributed by atoms with E-state index in [0.717, 1.165) is 16.8 Å². The molecule has 0 saturated carbocycles. The van der Waals surface area contributed by atoms with Crippen molar-refractivity contribution in [2.75, 3.05) is 6.61 Å². The van der Waals surface area contributed by atoms with Gasteiger partial charge in [0.05, 0.1) is 11.1 Å². The summed E-state index contributed by atoms with van der Waals surface area (Å²) in [5.41, 5.74) is -1.09. The van der Waals surface area contributed by atoms with Gasteiger partial charge < -0.3 is 14.2 Å². The van der Waals surface area contributed by atoms with Crippen LogP contribution < -0.4 is 11.2 Å². The molecule has 0 radical (unpaired) electrons. The summed E-state index contributed by atoms with van der Waals surface area (Å²) >= 11 is 0. The van der Waals surface area contributed by atoms with Gasteiger partial charge in [-0.05, 0) is 24.3 Å². The number of aromatic amines is 1. The fourth-order valence-electron chi connectivity index (χ4n) is 3.40. The molecule has 4 rings (SSSR count). The van der Waals surface area contributed by atoms with Crippen LogP contribution in [0.3, 0.4) is 0 Å². The second-order valence-electron chi connectivity index (χ2n) is 7.23. The molecule has 10 heteroatoms. The molecule has 0 aliphatic carbocycles. The highest BCUT2D eigenvalue weighted by Gasteiger charge is 2.49. The highest BCUT2D eigenvalue weighted by molar-refractivity contribution is 5.90. The van der Waals surface area contributed by atoms with E-state index in [1.807, 2.05) is 4.98 Å². The number of esters is 2. The molecule has 1 N–H and O–H groups in total. The van der Waals surface area contributed by atoms with E-state index in [2.05, 4.69) is 0 Å². The summed E-state index contributed by atoms with van der Waals surface area (Å²) in [6, 6.07) is 17.1. The second-order valence-corrected chi connectivity index (χ2v) is 7.23. The van der Waals surface area contributed by atoms with E-state index in [4.69, 9.17) is 14.2 Å². The molecule has 0 bridgehead atoms. The molecular weight excluding hydrogens is 435 g/mol. The smallest absolute Gasteiger partial charge is 0.338 e. The molecule has 1 aliphatic heterocycles. The van der Waals surface area contributed by atoms with Gasteiger partial charge in [0.15, 0.2) is 18.5 Å². The molecule has 0 amide bonds. The van der Waals surface area contributed by atoms with Gasteiger partial charge in [-0.15, -0.1) is 0 Å². The van der Waals surface area contributed by atoms with Gasteiger partial charge in [0.25, 0.3) is 5.56 Å². The first kappa shape index (κ1) is 22.2. The van der Waals surface area contributed by atoms with Gasteiger partial charge in [0, 0.05) is 12.3 Å². The van der Waals surface area contributed by atoms with E-state index in [-0.39, 0.29) is 11.1 Å². The minimum Gasteiger partial charge on any atom is -0.459 e. The summed E-state index contributed by atoms with van der Waals surface area (Å²) in [5.74, 6) is -1.48. The molecule has 3 aromatic rings. The molecule has 170 valence electrons. The zero-order valence-corrected chi connectivity index (χ0v) is 17.1. The van der Waals surface area contributed by atoms with Crippen LogP contribution in [-0.4, -0.2) is 46.5 Å². The van der Waals surface area contributed by atoms with Gasteiger partial charge in [0.2, 0.25) is 0 Å². The molecule has 1 aliphatic rings. The van der Waals surface area contributed by atoms with Crippen LogP contribution in [-0.2, 0) is 14.2 Å². The van der Waals surface area contributed by atoms with Crippen molar-refractivity contribution in [2.24, 2.45) is 0 Å². The van der Waals surface area contributed by atoms with E-state index in [1.165, 1.54) is 12.1 Å². The standard InChI is InChI=1S/C23H19FN2O7/c24-18-19(33-22(29)15-9-5-2-6-10-15)16(13-31-21(28)14-7-3-1-4-8-14)32-20(18)26-12-11-17(27)25-23(26)30/h1-12,16,18-20H,13H2,(H,25,27,30)/t16?,18-,19+,20+/m1/s1. The van der Waals surface area contributed by atoms with Gasteiger partial charge in [-0.25, -0.2) is 18.8 Å². The number of benzene rings is 2. The van der Waals surface area contributed by atoms with Crippen molar-refractivity contribution in [2.45, 2.75) is 24.6 Å². The van der Waals surface area contributed by atoms with Crippen molar-refractivity contribution < 1.29 is 28.2 Å². The maximum Gasteiger partial charge on any atom is 0.338 e. The molecule has 1 aromatic heterocycles. The molecule has 9 nitrogen and oxygen atoms in total. The number of nitrogens with one attached hydrogen (secondary N) is 1. The highest BCUT2D eigenvalue weighted by Crippen LogP contribution is 2.33. The fraction of sp³-hybridized carbons (Fsp3) is 0.217. The topological polar surface area (TPSA) is 117 Å². The molecule has 1 unspecified atom stereocenters. The lowest BCUT2D eigenvalue weighted by molar-refractivity contribution is -0.0592. The molecular formula is C23H19FN2O7. The van der Waals surface area contributed by atoms with Gasteiger partial charge in [0.1, 0.15) is 12.7 Å². The zero-order valence-electron chi connectivity index (χ0n) is 17.1. The largest absolute Gasteiger partial charge is 0.459 e. The van der Waals surface area contributed by atoms with E-state index in [1.54, 1.807) is 48.5 Å². The lowest BCUT2D eigenvalue weighted by atomic mass is 10.1. The predicted molar refractivity (Wildman–Crippen MR) is 112 cm³/mol. The van der Waals surface area contributed by atoms with Crippen molar-refractivity contribution in [3.05, 3.63) is 105 Å². The second kappa shape index (κ2) is 9.61. The van der Waals surface area contributed by atoms with Gasteiger partial charge in [-0.2, -0.15) is 0 Å². The van der Waals surface area contributed by atoms with E-state index >= 15 is 4.39 Å². The first-order valence-electron chi connectivity index (χ1n) is 10.0. The third-order valence-electron chi connectivity index (χ3n) is 5.03. The molecule has 2 heterocycles. The van der Waals surface area contributed by atoms with Crippen LogP contribution in [0.25, 0.3) is 0 Å². The zero-order chi connectivity index (χ0) is 23.4. The van der Waals surface area contributed by atoms with Crippen LogP contribution >= 0.6 is 0 Å². The van der Waals surface area contributed by atoms with E-state index < -0.39 is 54.4 Å². The Morgan fingerprint density at radius 2 is 1.55 bits per heavy atom. The van der Waals surface area contributed by atoms with Gasteiger partial charge in [-0.1, -0.05) is 36.4 Å². The first-order valence-corrected chi connectivity index (χ1v) is 10.0. The van der Waals surface area contributed by atoms with Crippen molar-refractivity contribution >= 4 is 11.9 Å². The number of alkyl halides is 1. The molecule has 33 heavy (non-hydrogen) atoms.